The number of thioether (sulfide) groups is 1. The van der Waals surface area contributed by atoms with Crippen LogP contribution in [0.4, 0.5) is 5.69 Å². The lowest BCUT2D eigenvalue weighted by molar-refractivity contribution is -0.136. The molecule has 1 amide bonds. The third-order valence-electron chi connectivity index (χ3n) is 4.38. The number of aliphatic imine (C=N–C) groups is 1. The van der Waals surface area contributed by atoms with Crippen LogP contribution in [0.25, 0.3) is 5.57 Å². The van der Waals surface area contributed by atoms with Crippen molar-refractivity contribution in [1.29, 1.82) is 0 Å². The Kier molecular flexibility index (Phi) is 5.87. The van der Waals surface area contributed by atoms with Gasteiger partial charge in [-0.25, -0.2) is 4.99 Å². The normalized spacial score (nSPS) is 16.6. The molecule has 1 aromatic heterocycles. The molecule has 1 fully saturated rings. The zero-order chi connectivity index (χ0) is 21.1. The van der Waals surface area contributed by atoms with Crippen molar-refractivity contribution in [2.24, 2.45) is 4.99 Å². The van der Waals surface area contributed by atoms with Crippen molar-refractivity contribution < 1.29 is 14.7 Å². The largest absolute Gasteiger partial charge is 0.481 e. The highest BCUT2D eigenvalue weighted by Gasteiger charge is 2.29. The molecule has 0 bridgehead atoms. The van der Waals surface area contributed by atoms with Gasteiger partial charge in [-0.2, -0.15) is 0 Å². The first-order chi connectivity index (χ1) is 14.5. The van der Waals surface area contributed by atoms with Crippen molar-refractivity contribution in [2.75, 3.05) is 0 Å². The number of H-pyrrole nitrogens is 1. The zero-order valence-corrected chi connectivity index (χ0v) is 18.0. The number of aromatic nitrogens is 1. The average molecular weight is 482 g/mol. The Labute approximate surface area is 185 Å². The maximum Gasteiger partial charge on any atom is 0.307 e. The Morgan fingerprint density at radius 2 is 1.80 bits per heavy atom. The summed E-state index contributed by atoms with van der Waals surface area (Å²) in [5.74, 6) is -1.10. The second kappa shape index (κ2) is 8.73. The van der Waals surface area contributed by atoms with Crippen LogP contribution in [0.3, 0.4) is 0 Å². The van der Waals surface area contributed by atoms with Gasteiger partial charge in [0.05, 0.1) is 17.0 Å². The lowest BCUT2D eigenvalue weighted by Gasteiger charge is -2.08. The number of carbonyl (C=O) groups is 2. The summed E-state index contributed by atoms with van der Waals surface area (Å²) in [6, 6.07) is 18.5. The monoisotopic (exact) mass is 481 g/mol. The number of nitrogens with zero attached hydrogens (tertiary/aromatic N) is 1. The summed E-state index contributed by atoms with van der Waals surface area (Å²) in [6.07, 6.45) is 1.78. The predicted molar refractivity (Wildman–Crippen MR) is 122 cm³/mol. The van der Waals surface area contributed by atoms with E-state index in [9.17, 15) is 9.59 Å². The van der Waals surface area contributed by atoms with Gasteiger partial charge in [-0.1, -0.05) is 40.2 Å². The number of halogens is 1. The standard InChI is InChI=1S/C22H16BrN3O3S/c23-15-7-5-14(6-8-15)19(17-2-1-11-24-17)20-21(29)26-22(30-20)25-16-9-3-13(4-10-16)12-18(27)28/h1-11,24H,12H2,(H,27,28)(H,25,26,29)/b20-19-. The first-order valence-corrected chi connectivity index (χ1v) is 10.6. The fourth-order valence-corrected chi connectivity index (χ4v) is 4.26. The molecule has 150 valence electrons. The summed E-state index contributed by atoms with van der Waals surface area (Å²) >= 11 is 4.72. The van der Waals surface area contributed by atoms with E-state index in [4.69, 9.17) is 5.11 Å². The van der Waals surface area contributed by atoms with Gasteiger partial charge < -0.3 is 15.4 Å². The van der Waals surface area contributed by atoms with Crippen molar-refractivity contribution in [2.45, 2.75) is 6.42 Å². The van der Waals surface area contributed by atoms with Gasteiger partial charge >= 0.3 is 5.97 Å². The summed E-state index contributed by atoms with van der Waals surface area (Å²) in [5, 5.41) is 12.2. The number of carbonyl (C=O) groups excluding carboxylic acids is 1. The number of hydrogen-bond acceptors (Lipinski definition) is 4. The van der Waals surface area contributed by atoms with Gasteiger partial charge in [0.15, 0.2) is 5.17 Å². The lowest BCUT2D eigenvalue weighted by atomic mass is 10.0. The molecule has 6 nitrogen and oxygen atoms in total. The van der Waals surface area contributed by atoms with Crippen LogP contribution in [-0.2, 0) is 16.0 Å². The number of rotatable bonds is 5. The van der Waals surface area contributed by atoms with Crippen LogP contribution in [0, 0.1) is 0 Å². The van der Waals surface area contributed by atoms with Crippen LogP contribution in [0.5, 0.6) is 0 Å². The Hall–Kier alpha value is -3.10. The maximum absolute atomic E-state index is 12.8. The van der Waals surface area contributed by atoms with E-state index >= 15 is 0 Å². The van der Waals surface area contributed by atoms with Gasteiger partial charge in [0.1, 0.15) is 0 Å². The molecule has 0 atom stereocenters. The van der Waals surface area contributed by atoms with Gasteiger partial charge in [0.2, 0.25) is 0 Å². The Bertz CT molecular complexity index is 1150. The van der Waals surface area contributed by atoms with Gasteiger partial charge in [-0.15, -0.1) is 0 Å². The van der Waals surface area contributed by atoms with Gasteiger partial charge in [0.25, 0.3) is 5.91 Å². The number of carboxylic acids is 1. The topological polar surface area (TPSA) is 94.5 Å². The molecule has 0 aliphatic carbocycles. The van der Waals surface area contributed by atoms with Crippen molar-refractivity contribution >= 4 is 56.0 Å². The average Bonchev–Trinajstić information content (AvgIpc) is 3.36. The second-order valence-electron chi connectivity index (χ2n) is 6.50. The molecule has 1 saturated heterocycles. The Balaban J connectivity index is 1.67. The summed E-state index contributed by atoms with van der Waals surface area (Å²) in [5.41, 5.74) is 3.89. The first kappa shape index (κ1) is 20.2. The number of amides is 1. The van der Waals surface area contributed by atoms with E-state index < -0.39 is 5.97 Å². The maximum atomic E-state index is 12.8. The van der Waals surface area contributed by atoms with E-state index in [1.54, 1.807) is 24.3 Å². The highest BCUT2D eigenvalue weighted by atomic mass is 79.9. The van der Waals surface area contributed by atoms with Crippen LogP contribution < -0.4 is 5.32 Å². The number of aromatic amines is 1. The molecule has 0 unspecified atom stereocenters. The van der Waals surface area contributed by atoms with Crippen LogP contribution in [0.15, 0.2) is 81.2 Å². The summed E-state index contributed by atoms with van der Waals surface area (Å²) in [6.45, 7) is 0. The molecule has 8 heteroatoms. The number of nitrogens with one attached hydrogen (secondary N) is 2. The summed E-state index contributed by atoms with van der Waals surface area (Å²) in [4.78, 5) is 31.8. The molecule has 2 heterocycles. The lowest BCUT2D eigenvalue weighted by Crippen LogP contribution is -2.19. The minimum absolute atomic E-state index is 0.0398. The molecular formula is C22H16BrN3O3S. The fraction of sp³-hybridized carbons (Fsp3) is 0.0455. The van der Waals surface area contributed by atoms with E-state index in [0.717, 1.165) is 21.3 Å². The number of benzene rings is 2. The Morgan fingerprint density at radius 3 is 2.43 bits per heavy atom. The number of amidine groups is 1. The van der Waals surface area contributed by atoms with Gasteiger partial charge in [-0.3, -0.25) is 9.59 Å². The van der Waals surface area contributed by atoms with E-state index in [1.807, 2.05) is 42.6 Å². The van der Waals surface area contributed by atoms with Crippen LogP contribution in [-0.4, -0.2) is 27.1 Å². The highest BCUT2D eigenvalue weighted by Crippen LogP contribution is 2.36. The Morgan fingerprint density at radius 1 is 1.07 bits per heavy atom. The van der Waals surface area contributed by atoms with Crippen LogP contribution >= 0.6 is 27.7 Å². The van der Waals surface area contributed by atoms with Gasteiger partial charge in [-0.05, 0) is 59.3 Å². The third kappa shape index (κ3) is 4.55. The summed E-state index contributed by atoms with van der Waals surface area (Å²) in [7, 11) is 0. The quantitative estimate of drug-likeness (QED) is 0.459. The molecule has 0 radical (unpaired) electrons. The predicted octanol–water partition coefficient (Wildman–Crippen LogP) is 4.71. The van der Waals surface area contributed by atoms with Gasteiger partial charge in [0, 0.05) is 21.9 Å². The van der Waals surface area contributed by atoms with Crippen molar-refractivity contribution in [3.8, 4) is 0 Å². The van der Waals surface area contributed by atoms with E-state index in [2.05, 4.69) is 31.2 Å². The molecular weight excluding hydrogens is 466 g/mol. The molecule has 2 aromatic carbocycles. The minimum atomic E-state index is -0.882. The number of aliphatic carboxylic acids is 1. The third-order valence-corrected chi connectivity index (χ3v) is 5.88. The van der Waals surface area contributed by atoms with E-state index in [1.165, 1.54) is 11.8 Å². The molecule has 1 aliphatic heterocycles. The number of carboxylic acid groups (broad SMARTS) is 1. The molecule has 3 aromatic rings. The smallest absolute Gasteiger partial charge is 0.307 e. The SMILES string of the molecule is O=C(O)Cc1ccc(N=C2NC(=O)/C(=C(\c3ccc(Br)cc3)c3ccc[nH]3)S2)cc1. The highest BCUT2D eigenvalue weighted by molar-refractivity contribution is 9.10. The fourth-order valence-electron chi connectivity index (χ4n) is 3.03. The van der Waals surface area contributed by atoms with Crippen LogP contribution in [0.2, 0.25) is 0 Å². The molecule has 30 heavy (non-hydrogen) atoms. The molecule has 0 saturated carbocycles. The zero-order valence-electron chi connectivity index (χ0n) is 15.6. The van der Waals surface area contributed by atoms with Crippen molar-refractivity contribution in [1.82, 2.24) is 10.3 Å². The van der Waals surface area contributed by atoms with Crippen LogP contribution in [0.1, 0.15) is 16.8 Å². The molecule has 1 aliphatic rings. The minimum Gasteiger partial charge on any atom is -0.481 e. The molecule has 3 N–H and O–H groups in total. The van der Waals surface area contributed by atoms with Crippen molar-refractivity contribution in [3.05, 3.63) is 93.1 Å². The number of hydrogen-bond donors (Lipinski definition) is 3. The molecule has 4 rings (SSSR count). The first-order valence-electron chi connectivity index (χ1n) is 9.02. The second-order valence-corrected chi connectivity index (χ2v) is 8.42. The van der Waals surface area contributed by atoms with E-state index in [0.29, 0.717) is 21.3 Å². The van der Waals surface area contributed by atoms with Crippen molar-refractivity contribution in [3.63, 3.8) is 0 Å². The van der Waals surface area contributed by atoms with E-state index in [-0.39, 0.29) is 12.3 Å². The molecule has 0 spiro atoms. The summed E-state index contributed by atoms with van der Waals surface area (Å²) < 4.78 is 0.958.